The van der Waals surface area contributed by atoms with Crippen LogP contribution in [0.1, 0.15) is 6.92 Å². The maximum Gasteiger partial charge on any atom is 0.261 e. The van der Waals surface area contributed by atoms with Gasteiger partial charge in [0.25, 0.3) is 5.56 Å². The molecule has 0 spiro atoms. The minimum atomic E-state index is -1.40. The Morgan fingerprint density at radius 2 is 1.97 bits per heavy atom. The highest BCUT2D eigenvalue weighted by molar-refractivity contribution is 6.31. The first-order valence-corrected chi connectivity index (χ1v) is 9.78. The summed E-state index contributed by atoms with van der Waals surface area (Å²) in [5.74, 6) is -0.952. The number of carbonyl (C=O) groups is 1. The standard InChI is InChI=1S/C21H19ClF3N3O2/c1-21(25)11-28(12-21)18(29)10-27-6-4-17-19(20(27)30)14(9-26(17)7-5-23)13-2-3-16(24)15(22)8-13/h2-4,6,8-9H,5,7,10-12H2,1H3. The first-order valence-electron chi connectivity index (χ1n) is 9.40. The molecule has 3 heterocycles. The Balaban J connectivity index is 1.78. The number of hydrogen-bond donors (Lipinski definition) is 0. The van der Waals surface area contributed by atoms with E-state index in [1.165, 1.54) is 40.8 Å². The van der Waals surface area contributed by atoms with Gasteiger partial charge < -0.3 is 14.0 Å². The third-order valence-electron chi connectivity index (χ3n) is 5.26. The van der Waals surface area contributed by atoms with E-state index in [1.54, 1.807) is 16.8 Å². The van der Waals surface area contributed by atoms with Gasteiger partial charge >= 0.3 is 0 Å². The van der Waals surface area contributed by atoms with E-state index in [2.05, 4.69) is 0 Å². The summed E-state index contributed by atoms with van der Waals surface area (Å²) in [5, 5.41) is 0.178. The number of likely N-dealkylation sites (tertiary alicyclic amines) is 1. The van der Waals surface area contributed by atoms with Crippen molar-refractivity contribution in [3.63, 3.8) is 0 Å². The maximum atomic E-state index is 13.7. The SMILES string of the molecule is CC1(F)CN(C(=O)Cn2ccc3c(c(-c4ccc(F)c(Cl)c4)cn3CCF)c2=O)C1. The van der Waals surface area contributed by atoms with Gasteiger partial charge in [-0.15, -0.1) is 0 Å². The van der Waals surface area contributed by atoms with Crippen LogP contribution in [0.2, 0.25) is 5.02 Å². The molecular formula is C21H19ClF3N3O2. The van der Waals surface area contributed by atoms with Crippen molar-refractivity contribution in [2.75, 3.05) is 19.8 Å². The lowest BCUT2D eigenvalue weighted by molar-refractivity contribution is -0.144. The highest BCUT2D eigenvalue weighted by Gasteiger charge is 2.41. The largest absolute Gasteiger partial charge is 0.344 e. The lowest BCUT2D eigenvalue weighted by atomic mass is 9.99. The second-order valence-corrected chi connectivity index (χ2v) is 8.13. The summed E-state index contributed by atoms with van der Waals surface area (Å²) in [4.78, 5) is 26.9. The number of nitrogens with zero attached hydrogens (tertiary/aromatic N) is 3. The Kier molecular flexibility index (Phi) is 5.13. The molecule has 158 valence electrons. The molecule has 5 nitrogen and oxygen atoms in total. The average molecular weight is 438 g/mol. The fraction of sp³-hybridized carbons (Fsp3) is 0.333. The summed E-state index contributed by atoms with van der Waals surface area (Å²) in [6.45, 7) is 0.581. The number of benzene rings is 1. The van der Waals surface area contributed by atoms with Gasteiger partial charge in [0.05, 0.1) is 35.6 Å². The fourth-order valence-electron chi connectivity index (χ4n) is 3.80. The van der Waals surface area contributed by atoms with E-state index < -0.39 is 23.7 Å². The Morgan fingerprint density at radius 1 is 1.23 bits per heavy atom. The van der Waals surface area contributed by atoms with Crippen molar-refractivity contribution in [3.8, 4) is 11.1 Å². The van der Waals surface area contributed by atoms with Crippen LogP contribution in [-0.2, 0) is 17.9 Å². The highest BCUT2D eigenvalue weighted by Crippen LogP contribution is 2.31. The Labute approximate surface area is 175 Å². The van der Waals surface area contributed by atoms with Crippen LogP contribution < -0.4 is 5.56 Å². The van der Waals surface area contributed by atoms with Crippen molar-refractivity contribution >= 4 is 28.4 Å². The van der Waals surface area contributed by atoms with Crippen LogP contribution >= 0.6 is 11.6 Å². The summed E-state index contributed by atoms with van der Waals surface area (Å²) in [6, 6.07) is 5.71. The van der Waals surface area contributed by atoms with Gasteiger partial charge in [-0.3, -0.25) is 9.59 Å². The molecule has 0 radical (unpaired) electrons. The first kappa shape index (κ1) is 20.5. The number of pyridine rings is 1. The second-order valence-electron chi connectivity index (χ2n) is 7.73. The number of aryl methyl sites for hydroxylation is 1. The maximum absolute atomic E-state index is 13.7. The number of aromatic nitrogens is 2. The van der Waals surface area contributed by atoms with Gasteiger partial charge in [0.15, 0.2) is 0 Å². The quantitative estimate of drug-likeness (QED) is 0.609. The monoisotopic (exact) mass is 437 g/mol. The Morgan fingerprint density at radius 3 is 2.60 bits per heavy atom. The number of halogens is 4. The molecule has 30 heavy (non-hydrogen) atoms. The molecular weight excluding hydrogens is 419 g/mol. The average Bonchev–Trinajstić information content (AvgIpc) is 3.03. The molecule has 1 aliphatic heterocycles. The van der Waals surface area contributed by atoms with E-state index in [-0.39, 0.29) is 42.5 Å². The summed E-state index contributed by atoms with van der Waals surface area (Å²) < 4.78 is 43.1. The van der Waals surface area contributed by atoms with Gasteiger partial charge in [-0.25, -0.2) is 13.2 Å². The van der Waals surface area contributed by atoms with Crippen LogP contribution in [0.3, 0.4) is 0 Å². The van der Waals surface area contributed by atoms with E-state index in [4.69, 9.17) is 11.6 Å². The number of alkyl halides is 2. The Hall–Kier alpha value is -2.74. The van der Waals surface area contributed by atoms with Gasteiger partial charge in [-0.1, -0.05) is 17.7 Å². The molecule has 1 aliphatic rings. The van der Waals surface area contributed by atoms with Crippen molar-refractivity contribution in [1.82, 2.24) is 14.0 Å². The zero-order chi connectivity index (χ0) is 21.6. The molecule has 0 unspecified atom stereocenters. The topological polar surface area (TPSA) is 47.2 Å². The lowest BCUT2D eigenvalue weighted by Gasteiger charge is -2.42. The molecule has 3 aromatic rings. The first-order chi connectivity index (χ1) is 14.2. The van der Waals surface area contributed by atoms with Gasteiger partial charge in [0.2, 0.25) is 5.91 Å². The van der Waals surface area contributed by atoms with Crippen LogP contribution in [0.15, 0.2) is 41.5 Å². The molecule has 0 aliphatic carbocycles. The predicted octanol–water partition coefficient (Wildman–Crippen LogP) is 3.80. The zero-order valence-corrected chi connectivity index (χ0v) is 16.9. The van der Waals surface area contributed by atoms with Crippen LogP contribution in [0.5, 0.6) is 0 Å². The normalized spacial score (nSPS) is 15.4. The van der Waals surface area contributed by atoms with E-state index in [0.29, 0.717) is 16.6 Å². The van der Waals surface area contributed by atoms with Crippen molar-refractivity contribution in [2.24, 2.45) is 0 Å². The van der Waals surface area contributed by atoms with Crippen LogP contribution in [0.4, 0.5) is 13.2 Å². The molecule has 4 rings (SSSR count). The fourth-order valence-corrected chi connectivity index (χ4v) is 3.98. The molecule has 1 aromatic carbocycles. The summed E-state index contributed by atoms with van der Waals surface area (Å²) in [5.41, 5.74) is -0.383. The second kappa shape index (κ2) is 7.50. The number of amides is 1. The van der Waals surface area contributed by atoms with Gasteiger partial charge in [-0.2, -0.15) is 0 Å². The smallest absolute Gasteiger partial charge is 0.261 e. The molecule has 0 saturated carbocycles. The van der Waals surface area contributed by atoms with Crippen molar-refractivity contribution in [2.45, 2.75) is 25.7 Å². The lowest BCUT2D eigenvalue weighted by Crippen LogP contribution is -2.60. The summed E-state index contributed by atoms with van der Waals surface area (Å²) >= 11 is 5.90. The van der Waals surface area contributed by atoms with E-state index in [9.17, 15) is 22.8 Å². The molecule has 2 aromatic heterocycles. The molecule has 1 amide bonds. The van der Waals surface area contributed by atoms with Gasteiger partial charge in [-0.05, 0) is 30.7 Å². The number of fused-ring (bicyclic) bond motifs is 1. The molecule has 0 N–H and O–H groups in total. The molecule has 1 fully saturated rings. The molecule has 1 saturated heterocycles. The third-order valence-corrected chi connectivity index (χ3v) is 5.55. The van der Waals surface area contributed by atoms with Crippen molar-refractivity contribution in [1.29, 1.82) is 0 Å². The number of rotatable bonds is 5. The summed E-state index contributed by atoms with van der Waals surface area (Å²) in [7, 11) is 0. The summed E-state index contributed by atoms with van der Waals surface area (Å²) in [6.07, 6.45) is 3.08. The van der Waals surface area contributed by atoms with Crippen molar-refractivity contribution in [3.05, 3.63) is 57.9 Å². The Bertz CT molecular complexity index is 1190. The minimum absolute atomic E-state index is 0.00493. The number of carbonyl (C=O) groups excluding carboxylic acids is 1. The van der Waals surface area contributed by atoms with Gasteiger partial charge in [0, 0.05) is 18.0 Å². The molecule has 0 bridgehead atoms. The molecule has 0 atom stereocenters. The number of hydrogen-bond acceptors (Lipinski definition) is 2. The van der Waals surface area contributed by atoms with Crippen molar-refractivity contribution < 1.29 is 18.0 Å². The van der Waals surface area contributed by atoms with Crippen LogP contribution in [0.25, 0.3) is 22.0 Å². The van der Waals surface area contributed by atoms with E-state index >= 15 is 0 Å². The van der Waals surface area contributed by atoms with E-state index in [1.807, 2.05) is 0 Å². The molecule has 9 heteroatoms. The predicted molar refractivity (Wildman–Crippen MR) is 109 cm³/mol. The van der Waals surface area contributed by atoms with Gasteiger partial charge in [0.1, 0.15) is 24.7 Å². The highest BCUT2D eigenvalue weighted by atomic mass is 35.5. The van der Waals surface area contributed by atoms with Crippen LogP contribution in [-0.4, -0.2) is 45.4 Å². The van der Waals surface area contributed by atoms with E-state index in [0.717, 1.165) is 0 Å². The third kappa shape index (κ3) is 3.60. The minimum Gasteiger partial charge on any atom is -0.344 e. The zero-order valence-electron chi connectivity index (χ0n) is 16.2. The van der Waals surface area contributed by atoms with Crippen LogP contribution in [0, 0.1) is 5.82 Å².